The van der Waals surface area contributed by atoms with Gasteiger partial charge in [0.25, 0.3) is 0 Å². The lowest BCUT2D eigenvalue weighted by Crippen LogP contribution is -1.84. The fourth-order valence-corrected chi connectivity index (χ4v) is 3.16. The molecule has 0 amide bonds. The van der Waals surface area contributed by atoms with Gasteiger partial charge in [-0.25, -0.2) is 4.98 Å². The number of nitrogens with one attached hydrogen (secondary N) is 1. The summed E-state index contributed by atoms with van der Waals surface area (Å²) in [4.78, 5) is 5.48. The van der Waals surface area contributed by atoms with Gasteiger partial charge < -0.3 is 5.32 Å². The zero-order valence-electron chi connectivity index (χ0n) is 9.62. The molecule has 0 saturated heterocycles. The van der Waals surface area contributed by atoms with Gasteiger partial charge in [-0.2, -0.15) is 0 Å². The van der Waals surface area contributed by atoms with Crippen molar-refractivity contribution in [3.63, 3.8) is 0 Å². The van der Waals surface area contributed by atoms with E-state index < -0.39 is 0 Å². The Balaban J connectivity index is 1.94. The molecular weight excluding hydrogens is 264 g/mol. The largest absolute Gasteiger partial charge is 0.363 e. The molecule has 0 aliphatic carbocycles. The molecule has 6 heteroatoms. The van der Waals surface area contributed by atoms with Crippen molar-refractivity contribution >= 4 is 27.8 Å². The predicted molar refractivity (Wildman–Crippen MR) is 76.0 cm³/mol. The van der Waals surface area contributed by atoms with Gasteiger partial charge in [0.1, 0.15) is 5.01 Å². The van der Waals surface area contributed by atoms with Crippen LogP contribution in [0.2, 0.25) is 0 Å². The lowest BCUT2D eigenvalue weighted by atomic mass is 10.2. The molecule has 0 atom stereocenters. The van der Waals surface area contributed by atoms with Crippen molar-refractivity contribution < 1.29 is 0 Å². The predicted octanol–water partition coefficient (Wildman–Crippen LogP) is 3.37. The first-order valence-electron chi connectivity index (χ1n) is 5.39. The van der Waals surface area contributed by atoms with Crippen LogP contribution < -0.4 is 5.32 Å². The summed E-state index contributed by atoms with van der Waals surface area (Å²) in [6, 6.07) is 10.1. The molecule has 0 bridgehead atoms. The minimum absolute atomic E-state index is 0.819. The van der Waals surface area contributed by atoms with Crippen LogP contribution >= 0.6 is 22.7 Å². The summed E-state index contributed by atoms with van der Waals surface area (Å²) >= 11 is 3.16. The molecule has 0 aliphatic heterocycles. The van der Waals surface area contributed by atoms with Crippen LogP contribution in [0.3, 0.4) is 0 Å². The number of aromatic nitrogens is 3. The molecule has 0 unspecified atom stereocenters. The first kappa shape index (κ1) is 11.3. The number of anilines is 1. The third kappa shape index (κ3) is 2.12. The molecule has 3 rings (SSSR count). The molecule has 1 N–H and O–H groups in total. The van der Waals surface area contributed by atoms with E-state index in [1.807, 2.05) is 31.4 Å². The number of hydrogen-bond acceptors (Lipinski definition) is 6. The third-order valence-electron chi connectivity index (χ3n) is 2.38. The van der Waals surface area contributed by atoms with Crippen LogP contribution in [0.5, 0.6) is 0 Å². The maximum atomic E-state index is 4.43. The summed E-state index contributed by atoms with van der Waals surface area (Å²) in [5.74, 6) is 0. The number of thiazole rings is 1. The van der Waals surface area contributed by atoms with Crippen LogP contribution in [-0.4, -0.2) is 22.2 Å². The van der Waals surface area contributed by atoms with Gasteiger partial charge in [0, 0.05) is 18.8 Å². The van der Waals surface area contributed by atoms with Crippen molar-refractivity contribution in [2.24, 2.45) is 0 Å². The Kier molecular flexibility index (Phi) is 3.04. The van der Waals surface area contributed by atoms with Crippen molar-refractivity contribution in [1.82, 2.24) is 15.2 Å². The maximum absolute atomic E-state index is 4.43. The lowest BCUT2D eigenvalue weighted by molar-refractivity contribution is 1.09. The molecule has 0 fully saturated rings. The second-order valence-electron chi connectivity index (χ2n) is 3.56. The number of benzene rings is 1. The van der Waals surface area contributed by atoms with E-state index in [2.05, 4.69) is 32.6 Å². The molecule has 0 saturated carbocycles. The fraction of sp³-hybridized carbons (Fsp3) is 0.0833. The van der Waals surface area contributed by atoms with Crippen LogP contribution in [0.4, 0.5) is 5.13 Å². The number of nitrogens with zero attached hydrogens (tertiary/aromatic N) is 3. The highest BCUT2D eigenvalue weighted by Gasteiger charge is 2.10. The smallest absolute Gasteiger partial charge is 0.205 e. The summed E-state index contributed by atoms with van der Waals surface area (Å²) in [5, 5.41) is 13.9. The zero-order chi connectivity index (χ0) is 12.4. The third-order valence-corrected chi connectivity index (χ3v) is 4.53. The Morgan fingerprint density at radius 1 is 1.00 bits per heavy atom. The quantitative estimate of drug-likeness (QED) is 0.795. The van der Waals surface area contributed by atoms with E-state index in [9.17, 15) is 0 Å². The topological polar surface area (TPSA) is 50.7 Å². The normalized spacial score (nSPS) is 10.5. The maximum Gasteiger partial charge on any atom is 0.205 e. The first-order valence-corrected chi connectivity index (χ1v) is 7.03. The van der Waals surface area contributed by atoms with Crippen molar-refractivity contribution in [2.45, 2.75) is 0 Å². The molecule has 2 aromatic heterocycles. The summed E-state index contributed by atoms with van der Waals surface area (Å²) in [7, 11) is 1.84. The van der Waals surface area contributed by atoms with Crippen LogP contribution in [0.1, 0.15) is 0 Å². The molecule has 3 aromatic rings. The van der Waals surface area contributed by atoms with Gasteiger partial charge in [0.15, 0.2) is 5.01 Å². The molecular formula is C12H10N4S2. The van der Waals surface area contributed by atoms with E-state index in [-0.39, 0.29) is 0 Å². The van der Waals surface area contributed by atoms with Gasteiger partial charge in [-0.15, -0.1) is 21.5 Å². The Morgan fingerprint density at radius 2 is 1.83 bits per heavy atom. The minimum Gasteiger partial charge on any atom is -0.363 e. The van der Waals surface area contributed by atoms with Crippen LogP contribution in [0, 0.1) is 0 Å². The van der Waals surface area contributed by atoms with Gasteiger partial charge in [-0.05, 0) is 0 Å². The van der Waals surface area contributed by atoms with Gasteiger partial charge in [0.2, 0.25) is 5.13 Å². The molecule has 0 spiro atoms. The molecule has 4 nitrogen and oxygen atoms in total. The second kappa shape index (κ2) is 4.83. The van der Waals surface area contributed by atoms with Gasteiger partial charge >= 0.3 is 0 Å². The molecule has 1 aromatic carbocycles. The van der Waals surface area contributed by atoms with Gasteiger partial charge in [-0.3, -0.25) is 0 Å². The van der Waals surface area contributed by atoms with E-state index in [0.717, 1.165) is 25.6 Å². The van der Waals surface area contributed by atoms with Crippen LogP contribution in [0.15, 0.2) is 36.5 Å². The Bertz CT molecular complexity index is 645. The highest BCUT2D eigenvalue weighted by molar-refractivity contribution is 7.24. The lowest BCUT2D eigenvalue weighted by Gasteiger charge is -1.92. The summed E-state index contributed by atoms with van der Waals surface area (Å²) < 4.78 is 0. The van der Waals surface area contributed by atoms with E-state index in [0.29, 0.717) is 0 Å². The van der Waals surface area contributed by atoms with E-state index in [1.54, 1.807) is 11.3 Å². The zero-order valence-corrected chi connectivity index (χ0v) is 11.3. The number of rotatable bonds is 3. The Morgan fingerprint density at radius 3 is 2.56 bits per heavy atom. The highest BCUT2D eigenvalue weighted by atomic mass is 32.1. The molecule has 0 radical (unpaired) electrons. The van der Waals surface area contributed by atoms with Crippen LogP contribution in [0.25, 0.3) is 20.5 Å². The molecule has 2 heterocycles. The monoisotopic (exact) mass is 274 g/mol. The molecule has 18 heavy (non-hydrogen) atoms. The average Bonchev–Trinajstić information content (AvgIpc) is 3.08. The average molecular weight is 274 g/mol. The van der Waals surface area contributed by atoms with E-state index in [1.165, 1.54) is 11.3 Å². The summed E-state index contributed by atoms with van der Waals surface area (Å²) in [5.41, 5.74) is 1.13. The minimum atomic E-state index is 0.819. The standard InChI is InChI=1S/C12H10N4S2/c1-13-12-16-15-11(18-12)9-7-14-10(17-9)8-5-3-2-4-6-8/h2-7H,1H3,(H,13,16). The van der Waals surface area contributed by atoms with E-state index >= 15 is 0 Å². The Hall–Kier alpha value is -1.79. The fourth-order valence-electron chi connectivity index (χ4n) is 1.51. The van der Waals surface area contributed by atoms with Crippen molar-refractivity contribution in [1.29, 1.82) is 0 Å². The SMILES string of the molecule is CNc1nnc(-c2cnc(-c3ccccc3)s2)s1. The number of hydrogen-bond donors (Lipinski definition) is 1. The van der Waals surface area contributed by atoms with Gasteiger partial charge in [0.05, 0.1) is 4.88 Å². The highest BCUT2D eigenvalue weighted by Crippen LogP contribution is 2.34. The first-order chi connectivity index (χ1) is 8.86. The second-order valence-corrected chi connectivity index (χ2v) is 5.57. The molecule has 0 aliphatic rings. The van der Waals surface area contributed by atoms with E-state index in [4.69, 9.17) is 0 Å². The Labute approximate surface area is 112 Å². The van der Waals surface area contributed by atoms with Gasteiger partial charge in [-0.1, -0.05) is 41.7 Å². The summed E-state index contributed by atoms with van der Waals surface area (Å²) in [6.07, 6.45) is 1.85. The van der Waals surface area contributed by atoms with Crippen molar-refractivity contribution in [3.05, 3.63) is 36.5 Å². The van der Waals surface area contributed by atoms with Crippen molar-refractivity contribution in [2.75, 3.05) is 12.4 Å². The van der Waals surface area contributed by atoms with Crippen molar-refractivity contribution in [3.8, 4) is 20.5 Å². The summed E-state index contributed by atoms with van der Waals surface area (Å²) in [6.45, 7) is 0. The van der Waals surface area contributed by atoms with Crippen LogP contribution in [-0.2, 0) is 0 Å². The molecule has 90 valence electrons.